The van der Waals surface area contributed by atoms with Crippen molar-refractivity contribution in [3.63, 3.8) is 0 Å². The monoisotopic (exact) mass is 431 g/mol. The summed E-state index contributed by atoms with van der Waals surface area (Å²) in [5, 5.41) is 3.23. The van der Waals surface area contributed by atoms with Gasteiger partial charge in [0.25, 0.3) is 10.0 Å². The minimum Gasteiger partial charge on any atom is -0.375 e. The van der Waals surface area contributed by atoms with Crippen LogP contribution in [0.2, 0.25) is 0 Å². The maximum absolute atomic E-state index is 13.0. The van der Waals surface area contributed by atoms with Gasteiger partial charge in [-0.05, 0) is 55.5 Å². The molecule has 3 rings (SSSR count). The molecule has 0 aliphatic heterocycles. The molecule has 2 aromatic carbocycles. The van der Waals surface area contributed by atoms with E-state index in [-0.39, 0.29) is 16.9 Å². The van der Waals surface area contributed by atoms with Gasteiger partial charge in [0.05, 0.1) is 10.9 Å². The number of nitrogens with one attached hydrogen (secondary N) is 2. The molecule has 0 saturated carbocycles. The molecular weight excluding hydrogens is 409 g/mol. The number of nitrogens with two attached hydrogens (primary N) is 1. The summed E-state index contributed by atoms with van der Waals surface area (Å²) in [6.45, 7) is 1.87. The first-order valence-electron chi connectivity index (χ1n) is 8.98. The van der Waals surface area contributed by atoms with E-state index >= 15 is 0 Å². The van der Waals surface area contributed by atoms with Crippen molar-refractivity contribution in [2.75, 3.05) is 34.8 Å². The van der Waals surface area contributed by atoms with Gasteiger partial charge >= 0.3 is 0 Å². The van der Waals surface area contributed by atoms with Gasteiger partial charge in [-0.25, -0.2) is 12.8 Å². The zero-order chi connectivity index (χ0) is 21.9. The molecule has 0 aliphatic rings. The van der Waals surface area contributed by atoms with Gasteiger partial charge in [0.2, 0.25) is 11.9 Å². The second kappa shape index (κ2) is 8.49. The van der Waals surface area contributed by atoms with Crippen LogP contribution >= 0.6 is 0 Å². The standard InChI is InChI=1S/C19H22FN7O2S/c1-12(17-23-18(21)25-19(24-17)27(2)3)22-14-6-8-15(9-7-14)26-30(28,29)16-10-4-13(20)5-11-16/h4-12,22,26H,1-3H3,(H2,21,23,24,25)/t12-/m1/s1. The Balaban J connectivity index is 1.71. The first-order chi connectivity index (χ1) is 14.1. The Morgan fingerprint density at radius 3 is 2.17 bits per heavy atom. The smallest absolute Gasteiger partial charge is 0.261 e. The number of aromatic nitrogens is 3. The number of rotatable bonds is 7. The minimum absolute atomic E-state index is 0.0242. The molecule has 9 nitrogen and oxygen atoms in total. The van der Waals surface area contributed by atoms with Crippen LogP contribution < -0.4 is 20.7 Å². The number of sulfonamides is 1. The van der Waals surface area contributed by atoms with Crippen LogP contribution in [0.25, 0.3) is 0 Å². The largest absolute Gasteiger partial charge is 0.375 e. The molecule has 0 aliphatic carbocycles. The van der Waals surface area contributed by atoms with E-state index in [0.29, 0.717) is 17.5 Å². The third-order valence-corrected chi connectivity index (χ3v) is 5.49. The molecule has 0 radical (unpaired) electrons. The van der Waals surface area contributed by atoms with Gasteiger partial charge < -0.3 is 16.0 Å². The number of benzene rings is 2. The lowest BCUT2D eigenvalue weighted by atomic mass is 10.2. The average molecular weight is 431 g/mol. The van der Waals surface area contributed by atoms with Crippen LogP contribution in [0.5, 0.6) is 0 Å². The Kier molecular flexibility index (Phi) is 6.01. The maximum atomic E-state index is 13.0. The summed E-state index contributed by atoms with van der Waals surface area (Å²) in [6.07, 6.45) is 0. The van der Waals surface area contributed by atoms with Crippen LogP contribution in [0.15, 0.2) is 53.4 Å². The fourth-order valence-electron chi connectivity index (χ4n) is 2.57. The van der Waals surface area contributed by atoms with Gasteiger partial charge in [0.1, 0.15) is 5.82 Å². The summed E-state index contributed by atoms with van der Waals surface area (Å²) in [5.41, 5.74) is 6.87. The molecule has 0 saturated heterocycles. The Hall–Kier alpha value is -3.47. The fraction of sp³-hybridized carbons (Fsp3) is 0.211. The number of halogens is 1. The Bertz CT molecular complexity index is 1120. The predicted molar refractivity (Wildman–Crippen MR) is 114 cm³/mol. The van der Waals surface area contributed by atoms with E-state index in [1.807, 2.05) is 21.0 Å². The van der Waals surface area contributed by atoms with Crippen molar-refractivity contribution < 1.29 is 12.8 Å². The normalized spacial score (nSPS) is 12.3. The van der Waals surface area contributed by atoms with Crippen LogP contribution in [0.1, 0.15) is 18.8 Å². The van der Waals surface area contributed by atoms with E-state index in [0.717, 1.165) is 17.8 Å². The highest BCUT2D eigenvalue weighted by Crippen LogP contribution is 2.22. The number of anilines is 4. The lowest BCUT2D eigenvalue weighted by molar-refractivity contribution is 0.599. The molecule has 11 heteroatoms. The Morgan fingerprint density at radius 1 is 0.967 bits per heavy atom. The highest BCUT2D eigenvalue weighted by atomic mass is 32.2. The van der Waals surface area contributed by atoms with Crippen LogP contribution in [0.4, 0.5) is 27.7 Å². The molecule has 4 N–H and O–H groups in total. The second-order valence-corrected chi connectivity index (χ2v) is 8.43. The highest BCUT2D eigenvalue weighted by Gasteiger charge is 2.15. The lowest BCUT2D eigenvalue weighted by Crippen LogP contribution is -2.19. The molecule has 0 amide bonds. The van der Waals surface area contributed by atoms with Crippen molar-refractivity contribution in [1.29, 1.82) is 0 Å². The SMILES string of the molecule is C[C@@H](Nc1ccc(NS(=O)(=O)c2ccc(F)cc2)cc1)c1nc(N)nc(N(C)C)n1. The number of hydrogen-bond donors (Lipinski definition) is 3. The zero-order valence-corrected chi connectivity index (χ0v) is 17.5. The third-order valence-electron chi connectivity index (χ3n) is 4.09. The first-order valence-corrected chi connectivity index (χ1v) is 10.5. The summed E-state index contributed by atoms with van der Waals surface area (Å²) >= 11 is 0. The Morgan fingerprint density at radius 2 is 1.57 bits per heavy atom. The van der Waals surface area contributed by atoms with E-state index in [1.165, 1.54) is 12.1 Å². The van der Waals surface area contributed by atoms with Crippen molar-refractivity contribution >= 4 is 33.3 Å². The van der Waals surface area contributed by atoms with Crippen LogP contribution in [-0.4, -0.2) is 37.5 Å². The number of hydrogen-bond acceptors (Lipinski definition) is 8. The topological polar surface area (TPSA) is 126 Å². The van der Waals surface area contributed by atoms with Crippen molar-refractivity contribution in [2.24, 2.45) is 0 Å². The molecule has 158 valence electrons. The van der Waals surface area contributed by atoms with Crippen LogP contribution in [0.3, 0.4) is 0 Å². The van der Waals surface area contributed by atoms with Gasteiger partial charge in [0, 0.05) is 25.5 Å². The molecule has 1 atom stereocenters. The summed E-state index contributed by atoms with van der Waals surface area (Å²) in [5.74, 6) is 0.558. The van der Waals surface area contributed by atoms with E-state index in [2.05, 4.69) is 25.0 Å². The van der Waals surface area contributed by atoms with Crippen molar-refractivity contribution in [3.05, 3.63) is 60.2 Å². The molecule has 3 aromatic rings. The van der Waals surface area contributed by atoms with Gasteiger partial charge in [-0.1, -0.05) is 0 Å². The molecule has 0 spiro atoms. The van der Waals surface area contributed by atoms with Crippen molar-refractivity contribution in [2.45, 2.75) is 17.9 Å². The number of nitrogens with zero attached hydrogens (tertiary/aromatic N) is 4. The quantitative estimate of drug-likeness (QED) is 0.521. The Labute approximate surface area is 174 Å². The molecule has 1 aromatic heterocycles. The molecule has 0 bridgehead atoms. The fourth-order valence-corrected chi connectivity index (χ4v) is 3.63. The first kappa shape index (κ1) is 21.2. The molecule has 0 fully saturated rings. The maximum Gasteiger partial charge on any atom is 0.261 e. The van der Waals surface area contributed by atoms with E-state index in [4.69, 9.17) is 5.73 Å². The summed E-state index contributed by atoms with van der Waals surface area (Å²) < 4.78 is 40.3. The van der Waals surface area contributed by atoms with Crippen molar-refractivity contribution in [1.82, 2.24) is 15.0 Å². The van der Waals surface area contributed by atoms with Gasteiger partial charge in [-0.3, -0.25) is 4.72 Å². The lowest BCUT2D eigenvalue weighted by Gasteiger charge is -2.17. The average Bonchev–Trinajstić information content (AvgIpc) is 2.69. The van der Waals surface area contributed by atoms with Gasteiger partial charge in [-0.2, -0.15) is 15.0 Å². The minimum atomic E-state index is -3.81. The van der Waals surface area contributed by atoms with Crippen molar-refractivity contribution in [3.8, 4) is 0 Å². The zero-order valence-electron chi connectivity index (χ0n) is 16.7. The second-order valence-electron chi connectivity index (χ2n) is 6.75. The predicted octanol–water partition coefficient (Wildman–Crippen LogP) is 2.63. The summed E-state index contributed by atoms with van der Waals surface area (Å²) in [7, 11) is -0.193. The summed E-state index contributed by atoms with van der Waals surface area (Å²) in [4.78, 5) is 14.3. The van der Waals surface area contributed by atoms with Gasteiger partial charge in [0.15, 0.2) is 5.82 Å². The van der Waals surface area contributed by atoms with E-state index in [9.17, 15) is 12.8 Å². The number of nitrogen functional groups attached to an aromatic ring is 1. The van der Waals surface area contributed by atoms with E-state index < -0.39 is 15.8 Å². The summed E-state index contributed by atoms with van der Waals surface area (Å²) in [6, 6.07) is 11.0. The highest BCUT2D eigenvalue weighted by molar-refractivity contribution is 7.92. The van der Waals surface area contributed by atoms with E-state index in [1.54, 1.807) is 29.2 Å². The van der Waals surface area contributed by atoms with Crippen LogP contribution in [-0.2, 0) is 10.0 Å². The third kappa shape index (κ3) is 5.11. The molecular formula is C19H22FN7O2S. The van der Waals surface area contributed by atoms with Gasteiger partial charge in [-0.15, -0.1) is 0 Å². The molecule has 30 heavy (non-hydrogen) atoms. The van der Waals surface area contributed by atoms with Crippen LogP contribution in [0, 0.1) is 5.82 Å². The molecule has 0 unspecified atom stereocenters. The molecule has 1 heterocycles.